The number of aromatic nitrogens is 3. The van der Waals surface area contributed by atoms with Crippen LogP contribution in [0.1, 0.15) is 18.4 Å². The number of fused-ring (bicyclic) bond motifs is 1. The standard InChI is InChI=1S/C21H22N4O2/c1-2-10-25(9-1)14-18-11-15-3-5-17(12-20(15)26-18)27-21-6-4-16(13-22-21)19-7-8-23-24-19/h3-8,12-13,18H,1-2,9-11,14H2,(H,23,24). The van der Waals surface area contributed by atoms with E-state index in [1.54, 1.807) is 12.4 Å². The average Bonchev–Trinajstić information content (AvgIpc) is 3.44. The number of nitrogens with one attached hydrogen (secondary N) is 1. The molecule has 0 amide bonds. The first-order chi connectivity index (χ1) is 13.3. The first kappa shape index (κ1) is 16.3. The Balaban J connectivity index is 1.25. The molecule has 1 unspecified atom stereocenters. The van der Waals surface area contributed by atoms with Crippen LogP contribution in [0.4, 0.5) is 0 Å². The number of aromatic amines is 1. The van der Waals surface area contributed by atoms with Gasteiger partial charge in [-0.2, -0.15) is 5.10 Å². The van der Waals surface area contributed by atoms with Crippen molar-refractivity contribution in [3.63, 3.8) is 0 Å². The van der Waals surface area contributed by atoms with Crippen LogP contribution in [0, 0.1) is 0 Å². The van der Waals surface area contributed by atoms with Gasteiger partial charge < -0.3 is 9.47 Å². The molecule has 2 aliphatic rings. The van der Waals surface area contributed by atoms with Crippen molar-refractivity contribution < 1.29 is 9.47 Å². The molecule has 138 valence electrons. The van der Waals surface area contributed by atoms with E-state index in [1.165, 1.54) is 31.5 Å². The third-order valence-electron chi connectivity index (χ3n) is 5.21. The zero-order valence-electron chi connectivity index (χ0n) is 15.1. The second-order valence-corrected chi connectivity index (χ2v) is 7.18. The van der Waals surface area contributed by atoms with Crippen LogP contribution >= 0.6 is 0 Å². The maximum atomic E-state index is 6.16. The number of H-pyrrole nitrogens is 1. The molecule has 1 N–H and O–H groups in total. The topological polar surface area (TPSA) is 63.3 Å². The fourth-order valence-corrected chi connectivity index (χ4v) is 3.84. The Morgan fingerprint density at radius 3 is 2.85 bits per heavy atom. The van der Waals surface area contributed by atoms with Crippen molar-refractivity contribution in [2.24, 2.45) is 0 Å². The predicted octanol–water partition coefficient (Wildman–Crippen LogP) is 3.66. The van der Waals surface area contributed by atoms with Crippen LogP contribution in [0.15, 0.2) is 48.8 Å². The van der Waals surface area contributed by atoms with Gasteiger partial charge in [0.05, 0.1) is 5.69 Å². The lowest BCUT2D eigenvalue weighted by atomic mass is 10.1. The Hall–Kier alpha value is -2.86. The summed E-state index contributed by atoms with van der Waals surface area (Å²) >= 11 is 0. The third kappa shape index (κ3) is 3.53. The van der Waals surface area contributed by atoms with Gasteiger partial charge in [-0.05, 0) is 49.7 Å². The van der Waals surface area contributed by atoms with Crippen molar-refractivity contribution in [1.82, 2.24) is 20.1 Å². The number of likely N-dealkylation sites (tertiary alicyclic amines) is 1. The molecule has 0 radical (unpaired) electrons. The summed E-state index contributed by atoms with van der Waals surface area (Å²) in [5.74, 6) is 2.24. The summed E-state index contributed by atoms with van der Waals surface area (Å²) in [5, 5.41) is 6.89. The van der Waals surface area contributed by atoms with Crippen molar-refractivity contribution in [1.29, 1.82) is 0 Å². The van der Waals surface area contributed by atoms with Gasteiger partial charge in [-0.25, -0.2) is 4.98 Å². The molecule has 0 aliphatic carbocycles. The van der Waals surface area contributed by atoms with Crippen molar-refractivity contribution in [2.45, 2.75) is 25.4 Å². The Morgan fingerprint density at radius 2 is 2.07 bits per heavy atom. The number of pyridine rings is 1. The number of ether oxygens (including phenoxy) is 2. The smallest absolute Gasteiger partial charge is 0.219 e. The lowest BCUT2D eigenvalue weighted by Gasteiger charge is -2.19. The molecule has 3 aromatic rings. The molecule has 2 aromatic heterocycles. The molecule has 1 aromatic carbocycles. The van der Waals surface area contributed by atoms with E-state index in [0.717, 1.165) is 35.7 Å². The molecule has 5 rings (SSSR count). The molecule has 4 heterocycles. The first-order valence-electron chi connectivity index (χ1n) is 9.49. The van der Waals surface area contributed by atoms with E-state index in [4.69, 9.17) is 9.47 Å². The second-order valence-electron chi connectivity index (χ2n) is 7.18. The van der Waals surface area contributed by atoms with Gasteiger partial charge in [-0.1, -0.05) is 6.07 Å². The van der Waals surface area contributed by atoms with Crippen LogP contribution in [0.25, 0.3) is 11.3 Å². The highest BCUT2D eigenvalue weighted by molar-refractivity contribution is 5.57. The van der Waals surface area contributed by atoms with Gasteiger partial charge in [-0.15, -0.1) is 0 Å². The minimum atomic E-state index is 0.250. The molecule has 0 spiro atoms. The number of nitrogens with zero attached hydrogens (tertiary/aromatic N) is 3. The number of hydrogen-bond donors (Lipinski definition) is 1. The highest BCUT2D eigenvalue weighted by Gasteiger charge is 2.26. The van der Waals surface area contributed by atoms with Gasteiger partial charge >= 0.3 is 0 Å². The quantitative estimate of drug-likeness (QED) is 0.750. The molecule has 2 aliphatic heterocycles. The lowest BCUT2D eigenvalue weighted by Crippen LogP contribution is -2.32. The molecular formula is C21H22N4O2. The first-order valence-corrected chi connectivity index (χ1v) is 9.49. The molecule has 6 heteroatoms. The van der Waals surface area contributed by atoms with Gasteiger partial charge in [0.1, 0.15) is 17.6 Å². The van der Waals surface area contributed by atoms with E-state index in [1.807, 2.05) is 30.3 Å². The SMILES string of the molecule is c1cc(-c2ccc(Oc3ccc4c(c3)OC(CN3CCCC3)C4)nc2)[nH]n1. The highest BCUT2D eigenvalue weighted by atomic mass is 16.5. The Labute approximate surface area is 158 Å². The largest absolute Gasteiger partial charge is 0.488 e. The summed E-state index contributed by atoms with van der Waals surface area (Å²) in [6.07, 6.45) is 7.34. The van der Waals surface area contributed by atoms with E-state index in [-0.39, 0.29) is 6.10 Å². The summed E-state index contributed by atoms with van der Waals surface area (Å²) in [5.41, 5.74) is 3.17. The fraction of sp³-hybridized carbons (Fsp3) is 0.333. The Kier molecular flexibility index (Phi) is 4.26. The molecule has 0 bridgehead atoms. The van der Waals surface area contributed by atoms with E-state index in [0.29, 0.717) is 5.88 Å². The average molecular weight is 362 g/mol. The normalized spacial score (nSPS) is 19.0. The minimum absolute atomic E-state index is 0.250. The lowest BCUT2D eigenvalue weighted by molar-refractivity contribution is 0.168. The molecule has 1 atom stereocenters. The molecule has 1 saturated heterocycles. The van der Waals surface area contributed by atoms with Crippen molar-refractivity contribution in [2.75, 3.05) is 19.6 Å². The highest BCUT2D eigenvalue weighted by Crippen LogP contribution is 2.34. The summed E-state index contributed by atoms with van der Waals surface area (Å²) in [4.78, 5) is 6.89. The zero-order chi connectivity index (χ0) is 18.1. The van der Waals surface area contributed by atoms with Crippen LogP contribution in [0.3, 0.4) is 0 Å². The van der Waals surface area contributed by atoms with Crippen LogP contribution in [-0.2, 0) is 6.42 Å². The van der Waals surface area contributed by atoms with Crippen molar-refractivity contribution in [3.8, 4) is 28.6 Å². The molecular weight excluding hydrogens is 340 g/mol. The summed E-state index contributed by atoms with van der Waals surface area (Å²) < 4.78 is 12.1. The van der Waals surface area contributed by atoms with Crippen LogP contribution in [0.2, 0.25) is 0 Å². The maximum absolute atomic E-state index is 6.16. The van der Waals surface area contributed by atoms with E-state index < -0.39 is 0 Å². The van der Waals surface area contributed by atoms with Gasteiger partial charge in [0, 0.05) is 43.1 Å². The zero-order valence-corrected chi connectivity index (χ0v) is 15.1. The van der Waals surface area contributed by atoms with E-state index in [9.17, 15) is 0 Å². The van der Waals surface area contributed by atoms with Crippen molar-refractivity contribution >= 4 is 0 Å². The second kappa shape index (κ2) is 7.04. The van der Waals surface area contributed by atoms with Gasteiger partial charge in [-0.3, -0.25) is 10.00 Å². The van der Waals surface area contributed by atoms with Crippen LogP contribution < -0.4 is 9.47 Å². The van der Waals surface area contributed by atoms with Crippen molar-refractivity contribution in [3.05, 3.63) is 54.4 Å². The predicted molar refractivity (Wildman–Crippen MR) is 102 cm³/mol. The summed E-state index contributed by atoms with van der Waals surface area (Å²) in [6.45, 7) is 3.41. The summed E-state index contributed by atoms with van der Waals surface area (Å²) in [6, 6.07) is 11.8. The van der Waals surface area contributed by atoms with E-state index >= 15 is 0 Å². The Bertz CT molecular complexity index is 902. The number of benzene rings is 1. The van der Waals surface area contributed by atoms with Crippen LogP contribution in [0.5, 0.6) is 17.4 Å². The maximum Gasteiger partial charge on any atom is 0.219 e. The monoisotopic (exact) mass is 362 g/mol. The van der Waals surface area contributed by atoms with Gasteiger partial charge in [0.15, 0.2) is 0 Å². The number of hydrogen-bond acceptors (Lipinski definition) is 5. The third-order valence-corrected chi connectivity index (χ3v) is 5.21. The summed E-state index contributed by atoms with van der Waals surface area (Å²) in [7, 11) is 0. The molecule has 27 heavy (non-hydrogen) atoms. The minimum Gasteiger partial charge on any atom is -0.488 e. The number of rotatable bonds is 5. The molecule has 6 nitrogen and oxygen atoms in total. The molecule has 1 fully saturated rings. The molecule has 0 saturated carbocycles. The Morgan fingerprint density at radius 1 is 1.15 bits per heavy atom. The van der Waals surface area contributed by atoms with Crippen LogP contribution in [-0.4, -0.2) is 45.8 Å². The van der Waals surface area contributed by atoms with E-state index in [2.05, 4.69) is 26.1 Å². The van der Waals surface area contributed by atoms with Gasteiger partial charge in [0.2, 0.25) is 5.88 Å². The van der Waals surface area contributed by atoms with Gasteiger partial charge in [0.25, 0.3) is 0 Å². The fourth-order valence-electron chi connectivity index (χ4n) is 3.84.